The summed E-state index contributed by atoms with van der Waals surface area (Å²) in [5.41, 5.74) is 0. The molecule has 1 N–H and O–H groups in total. The van der Waals surface area contributed by atoms with E-state index in [4.69, 9.17) is 5.11 Å². The molecule has 0 aromatic heterocycles. The third-order valence-electron chi connectivity index (χ3n) is 2.97. The number of imide groups is 1. The first-order valence-electron chi connectivity index (χ1n) is 5.73. The summed E-state index contributed by atoms with van der Waals surface area (Å²) in [7, 11) is 1.75. The average molecular weight is 242 g/mol. The summed E-state index contributed by atoms with van der Waals surface area (Å²) in [6.07, 6.45) is 0.767. The molecule has 1 aliphatic rings. The highest BCUT2D eigenvalue weighted by atomic mass is 16.4. The fraction of sp³-hybridized carbons (Fsp3) is 0.727. The molecule has 1 atom stereocenters. The molecule has 6 heteroatoms. The van der Waals surface area contributed by atoms with Gasteiger partial charge in [0.05, 0.1) is 12.5 Å². The number of carboxylic acids is 1. The Balaban J connectivity index is 2.48. The fourth-order valence-corrected chi connectivity index (χ4v) is 1.98. The quantitative estimate of drug-likeness (QED) is 0.660. The van der Waals surface area contributed by atoms with Crippen LogP contribution in [0.5, 0.6) is 0 Å². The summed E-state index contributed by atoms with van der Waals surface area (Å²) in [4.78, 5) is 36.7. The monoisotopic (exact) mass is 242 g/mol. The Hall–Kier alpha value is -1.43. The number of likely N-dealkylation sites (N-methyl/N-ethyl adjacent to an activating group) is 2. The van der Waals surface area contributed by atoms with Gasteiger partial charge in [0.25, 0.3) is 0 Å². The highest BCUT2D eigenvalue weighted by Crippen LogP contribution is 2.17. The molecule has 0 spiro atoms. The van der Waals surface area contributed by atoms with Crippen molar-refractivity contribution in [3.63, 3.8) is 0 Å². The van der Waals surface area contributed by atoms with Crippen LogP contribution in [0.25, 0.3) is 0 Å². The zero-order chi connectivity index (χ0) is 13.0. The molecule has 0 aromatic rings. The maximum atomic E-state index is 11.8. The molecule has 1 heterocycles. The number of carbonyl (C=O) groups is 3. The number of amides is 2. The van der Waals surface area contributed by atoms with Crippen LogP contribution in [-0.4, -0.2) is 58.9 Å². The number of carbonyl (C=O) groups excluding carboxylic acids is 2. The Morgan fingerprint density at radius 1 is 1.53 bits per heavy atom. The van der Waals surface area contributed by atoms with E-state index >= 15 is 0 Å². The van der Waals surface area contributed by atoms with Crippen molar-refractivity contribution in [2.75, 3.05) is 20.1 Å². The van der Waals surface area contributed by atoms with E-state index in [1.54, 1.807) is 18.9 Å². The van der Waals surface area contributed by atoms with Crippen molar-refractivity contribution in [1.29, 1.82) is 0 Å². The van der Waals surface area contributed by atoms with E-state index in [1.165, 1.54) is 4.90 Å². The number of nitrogens with zero attached hydrogens (tertiary/aromatic N) is 2. The van der Waals surface area contributed by atoms with E-state index < -0.39 is 12.0 Å². The number of hydrogen-bond acceptors (Lipinski definition) is 4. The third-order valence-corrected chi connectivity index (χ3v) is 2.97. The summed E-state index contributed by atoms with van der Waals surface area (Å²) < 4.78 is 0. The first-order chi connectivity index (χ1) is 7.97. The van der Waals surface area contributed by atoms with Crippen molar-refractivity contribution in [2.24, 2.45) is 0 Å². The Morgan fingerprint density at radius 2 is 2.18 bits per heavy atom. The molecule has 2 amide bonds. The Bertz CT molecular complexity index is 329. The molecule has 17 heavy (non-hydrogen) atoms. The lowest BCUT2D eigenvalue weighted by molar-refractivity contribution is -0.139. The zero-order valence-electron chi connectivity index (χ0n) is 10.2. The normalized spacial score (nSPS) is 20.4. The lowest BCUT2D eigenvalue weighted by atomic mass is 10.2. The van der Waals surface area contributed by atoms with E-state index in [1.807, 2.05) is 0 Å². The molecular weight excluding hydrogens is 224 g/mol. The Labute approximate surface area is 100 Å². The van der Waals surface area contributed by atoms with Crippen LogP contribution >= 0.6 is 0 Å². The molecule has 0 aliphatic carbocycles. The summed E-state index contributed by atoms with van der Waals surface area (Å²) in [5, 5.41) is 8.52. The second-order valence-electron chi connectivity index (χ2n) is 4.17. The van der Waals surface area contributed by atoms with Crippen LogP contribution in [0, 0.1) is 0 Å². The first kappa shape index (κ1) is 13.6. The maximum Gasteiger partial charge on any atom is 0.303 e. The van der Waals surface area contributed by atoms with Crippen molar-refractivity contribution in [1.82, 2.24) is 9.80 Å². The van der Waals surface area contributed by atoms with Crippen LogP contribution in [-0.2, 0) is 14.4 Å². The number of rotatable bonds is 6. The number of hydrogen-bond donors (Lipinski definition) is 1. The van der Waals surface area contributed by atoms with Crippen LogP contribution in [0.3, 0.4) is 0 Å². The largest absolute Gasteiger partial charge is 0.481 e. The molecule has 1 aliphatic heterocycles. The fourth-order valence-electron chi connectivity index (χ4n) is 1.98. The van der Waals surface area contributed by atoms with Crippen LogP contribution in [0.2, 0.25) is 0 Å². The van der Waals surface area contributed by atoms with Gasteiger partial charge in [-0.15, -0.1) is 0 Å². The smallest absolute Gasteiger partial charge is 0.303 e. The van der Waals surface area contributed by atoms with Gasteiger partial charge >= 0.3 is 5.97 Å². The minimum atomic E-state index is -0.845. The van der Waals surface area contributed by atoms with E-state index in [2.05, 4.69) is 0 Å². The maximum absolute atomic E-state index is 11.8. The van der Waals surface area contributed by atoms with Gasteiger partial charge in [0.15, 0.2) is 0 Å². The van der Waals surface area contributed by atoms with Crippen LogP contribution in [0.1, 0.15) is 26.2 Å². The van der Waals surface area contributed by atoms with Gasteiger partial charge in [-0.05, 0) is 26.9 Å². The zero-order valence-corrected chi connectivity index (χ0v) is 10.2. The predicted molar refractivity (Wildman–Crippen MR) is 60.3 cm³/mol. The summed E-state index contributed by atoms with van der Waals surface area (Å²) >= 11 is 0. The van der Waals surface area contributed by atoms with Crippen molar-refractivity contribution in [3.8, 4) is 0 Å². The van der Waals surface area contributed by atoms with Gasteiger partial charge in [0.1, 0.15) is 0 Å². The van der Waals surface area contributed by atoms with Gasteiger partial charge in [0.2, 0.25) is 11.8 Å². The molecule has 0 aromatic carbocycles. The van der Waals surface area contributed by atoms with Gasteiger partial charge in [-0.3, -0.25) is 24.2 Å². The summed E-state index contributed by atoms with van der Waals surface area (Å²) in [6.45, 7) is 2.67. The molecule has 96 valence electrons. The molecule has 1 saturated heterocycles. The number of likely N-dealkylation sites (tertiary alicyclic amines) is 1. The first-order valence-corrected chi connectivity index (χ1v) is 5.73. The molecule has 0 saturated carbocycles. The molecule has 0 radical (unpaired) electrons. The van der Waals surface area contributed by atoms with Gasteiger partial charge in [-0.1, -0.05) is 0 Å². The van der Waals surface area contributed by atoms with Gasteiger partial charge in [-0.2, -0.15) is 0 Å². The SMILES string of the molecule is CCN1C(=O)CC(N(C)CCCC(=O)O)C1=O. The minimum absolute atomic E-state index is 0.0800. The Kier molecular flexibility index (Phi) is 4.62. The molecule has 0 bridgehead atoms. The standard InChI is InChI=1S/C11H18N2O4/c1-3-13-9(14)7-8(11(13)17)12(2)6-4-5-10(15)16/h8H,3-7H2,1-2H3,(H,15,16). The van der Waals surface area contributed by atoms with Crippen molar-refractivity contribution < 1.29 is 19.5 Å². The highest BCUT2D eigenvalue weighted by Gasteiger charge is 2.39. The summed E-state index contributed by atoms with van der Waals surface area (Å²) in [5.74, 6) is -1.16. The molecular formula is C11H18N2O4. The molecule has 6 nitrogen and oxygen atoms in total. The second kappa shape index (κ2) is 5.77. The van der Waals surface area contributed by atoms with Gasteiger partial charge in [-0.25, -0.2) is 0 Å². The number of aliphatic carboxylic acids is 1. The van der Waals surface area contributed by atoms with Gasteiger partial charge in [0, 0.05) is 13.0 Å². The predicted octanol–water partition coefficient (Wildman–Crippen LogP) is -0.0696. The third kappa shape index (κ3) is 3.26. The highest BCUT2D eigenvalue weighted by molar-refractivity contribution is 6.05. The van der Waals surface area contributed by atoms with Crippen molar-refractivity contribution >= 4 is 17.8 Å². The van der Waals surface area contributed by atoms with Crippen LogP contribution < -0.4 is 0 Å². The molecule has 1 unspecified atom stereocenters. The second-order valence-corrected chi connectivity index (χ2v) is 4.17. The lowest BCUT2D eigenvalue weighted by Crippen LogP contribution is -2.40. The van der Waals surface area contributed by atoms with Crippen LogP contribution in [0.15, 0.2) is 0 Å². The van der Waals surface area contributed by atoms with E-state index in [-0.39, 0.29) is 24.7 Å². The van der Waals surface area contributed by atoms with E-state index in [9.17, 15) is 14.4 Å². The average Bonchev–Trinajstić information content (AvgIpc) is 2.53. The topological polar surface area (TPSA) is 77.9 Å². The molecule has 1 fully saturated rings. The van der Waals surface area contributed by atoms with E-state index in [0.717, 1.165) is 0 Å². The minimum Gasteiger partial charge on any atom is -0.481 e. The van der Waals surface area contributed by atoms with Gasteiger partial charge < -0.3 is 5.11 Å². The molecule has 1 rings (SSSR count). The Morgan fingerprint density at radius 3 is 2.65 bits per heavy atom. The van der Waals surface area contributed by atoms with Crippen molar-refractivity contribution in [2.45, 2.75) is 32.2 Å². The summed E-state index contributed by atoms with van der Waals surface area (Å²) in [6, 6.07) is -0.420. The van der Waals surface area contributed by atoms with E-state index in [0.29, 0.717) is 19.5 Å². The lowest BCUT2D eigenvalue weighted by Gasteiger charge is -2.22. The number of carboxylic acid groups (broad SMARTS) is 1. The van der Waals surface area contributed by atoms with Crippen molar-refractivity contribution in [3.05, 3.63) is 0 Å². The van der Waals surface area contributed by atoms with Crippen LogP contribution in [0.4, 0.5) is 0 Å².